The van der Waals surface area contributed by atoms with E-state index in [1.807, 2.05) is 23.6 Å². The number of hydrogen-bond donors (Lipinski definition) is 1. The van der Waals surface area contributed by atoms with Gasteiger partial charge in [0.2, 0.25) is 0 Å². The minimum atomic E-state index is -4.01. The molecule has 1 amide bonds. The van der Waals surface area contributed by atoms with Gasteiger partial charge in [0.05, 0.1) is 12.1 Å². The number of carbonyl (C=O) groups is 2. The predicted octanol–water partition coefficient (Wildman–Crippen LogP) is 3.61. The number of amides is 1. The fourth-order valence-corrected chi connectivity index (χ4v) is 4.55. The van der Waals surface area contributed by atoms with Crippen molar-refractivity contribution in [2.24, 2.45) is 0 Å². The molecule has 2 aromatic carbocycles. The van der Waals surface area contributed by atoms with Crippen LogP contribution in [-0.2, 0) is 26.2 Å². The van der Waals surface area contributed by atoms with Crippen LogP contribution in [0.2, 0.25) is 0 Å². The van der Waals surface area contributed by atoms with Crippen molar-refractivity contribution in [1.29, 1.82) is 0 Å². The van der Waals surface area contributed by atoms with Gasteiger partial charge in [-0.1, -0.05) is 18.2 Å². The molecule has 0 unspecified atom stereocenters. The highest BCUT2D eigenvalue weighted by Gasteiger charge is 2.20. The molecule has 0 aliphatic rings. The van der Waals surface area contributed by atoms with Crippen LogP contribution >= 0.6 is 11.3 Å². The number of nitrogens with one attached hydrogen (secondary N) is 1. The highest BCUT2D eigenvalue weighted by molar-refractivity contribution is 7.87. The monoisotopic (exact) mass is 459 g/mol. The molecular weight excluding hydrogens is 438 g/mol. The fraction of sp³-hybridized carbons (Fsp3) is 0.182. The van der Waals surface area contributed by atoms with Gasteiger partial charge in [0.15, 0.2) is 6.61 Å². The van der Waals surface area contributed by atoms with E-state index in [9.17, 15) is 18.0 Å². The lowest BCUT2D eigenvalue weighted by molar-refractivity contribution is -0.124. The Balaban J connectivity index is 1.56. The number of aryl methyl sites for hydroxylation is 2. The normalized spacial score (nSPS) is 11.0. The van der Waals surface area contributed by atoms with Gasteiger partial charge in [-0.2, -0.15) is 8.42 Å². The van der Waals surface area contributed by atoms with E-state index in [2.05, 4.69) is 5.32 Å². The molecule has 0 spiro atoms. The first-order valence-corrected chi connectivity index (χ1v) is 11.6. The van der Waals surface area contributed by atoms with Crippen molar-refractivity contribution < 1.29 is 26.9 Å². The summed E-state index contributed by atoms with van der Waals surface area (Å²) in [4.78, 5) is 25.0. The summed E-state index contributed by atoms with van der Waals surface area (Å²) in [5.41, 5.74) is 1.54. The first kappa shape index (κ1) is 22.5. The largest absolute Gasteiger partial charge is 0.452 e. The summed E-state index contributed by atoms with van der Waals surface area (Å²) in [7, 11) is -4.01. The smallest absolute Gasteiger partial charge is 0.339 e. The third kappa shape index (κ3) is 6.16. The maximum absolute atomic E-state index is 12.6. The van der Waals surface area contributed by atoms with E-state index in [1.54, 1.807) is 26.0 Å². The Morgan fingerprint density at radius 1 is 1.03 bits per heavy atom. The summed E-state index contributed by atoms with van der Waals surface area (Å²) in [5, 5.41) is 4.56. The molecule has 9 heteroatoms. The number of thiophene rings is 1. The third-order valence-electron chi connectivity index (χ3n) is 4.28. The molecule has 162 valence electrons. The Bertz CT molecular complexity index is 1170. The van der Waals surface area contributed by atoms with Gasteiger partial charge < -0.3 is 14.2 Å². The minimum absolute atomic E-state index is 0.0612. The average molecular weight is 460 g/mol. The van der Waals surface area contributed by atoms with Crippen molar-refractivity contribution in [3.05, 3.63) is 81.5 Å². The summed E-state index contributed by atoms with van der Waals surface area (Å²) in [5.74, 6) is -1.05. The summed E-state index contributed by atoms with van der Waals surface area (Å²) >= 11 is 1.51. The van der Waals surface area contributed by atoms with Crippen LogP contribution in [0, 0.1) is 13.8 Å². The molecule has 1 N–H and O–H groups in total. The van der Waals surface area contributed by atoms with Crippen molar-refractivity contribution in [2.75, 3.05) is 6.61 Å². The summed E-state index contributed by atoms with van der Waals surface area (Å²) < 4.78 is 35.3. The number of ether oxygens (including phenoxy) is 1. The molecule has 0 radical (unpaired) electrons. The van der Waals surface area contributed by atoms with Gasteiger partial charge in [-0.3, -0.25) is 4.79 Å². The quantitative estimate of drug-likeness (QED) is 0.408. The second-order valence-electron chi connectivity index (χ2n) is 6.76. The number of esters is 1. The first-order valence-electron chi connectivity index (χ1n) is 9.32. The van der Waals surface area contributed by atoms with Crippen LogP contribution in [0.4, 0.5) is 0 Å². The van der Waals surface area contributed by atoms with Gasteiger partial charge in [-0.25, -0.2) is 4.79 Å². The summed E-state index contributed by atoms with van der Waals surface area (Å²) in [6, 6.07) is 14.3. The van der Waals surface area contributed by atoms with Crippen LogP contribution in [0.5, 0.6) is 5.75 Å². The molecule has 1 aromatic heterocycles. The molecule has 3 aromatic rings. The Hall–Kier alpha value is -3.17. The maximum Gasteiger partial charge on any atom is 0.339 e. The molecular formula is C22H21NO6S2. The Morgan fingerprint density at radius 3 is 2.45 bits per heavy atom. The van der Waals surface area contributed by atoms with Gasteiger partial charge in [0, 0.05) is 4.88 Å². The van der Waals surface area contributed by atoms with Crippen molar-refractivity contribution in [2.45, 2.75) is 25.3 Å². The van der Waals surface area contributed by atoms with Crippen molar-refractivity contribution >= 4 is 33.3 Å². The fourth-order valence-electron chi connectivity index (χ4n) is 2.66. The highest BCUT2D eigenvalue weighted by Crippen LogP contribution is 2.23. The Morgan fingerprint density at radius 2 is 1.77 bits per heavy atom. The number of hydrogen-bond acceptors (Lipinski definition) is 7. The van der Waals surface area contributed by atoms with Crippen molar-refractivity contribution in [3.63, 3.8) is 0 Å². The molecule has 1 heterocycles. The van der Waals surface area contributed by atoms with E-state index in [0.717, 1.165) is 10.4 Å². The van der Waals surface area contributed by atoms with Crippen LogP contribution in [0.3, 0.4) is 0 Å². The van der Waals surface area contributed by atoms with E-state index >= 15 is 0 Å². The van der Waals surface area contributed by atoms with Gasteiger partial charge in [0.1, 0.15) is 10.6 Å². The lowest BCUT2D eigenvalue weighted by Crippen LogP contribution is -2.28. The molecule has 0 saturated heterocycles. The average Bonchev–Trinajstić information content (AvgIpc) is 3.26. The number of rotatable bonds is 8. The second-order valence-corrected chi connectivity index (χ2v) is 9.31. The molecule has 0 bridgehead atoms. The van der Waals surface area contributed by atoms with E-state index in [4.69, 9.17) is 8.92 Å². The van der Waals surface area contributed by atoms with Gasteiger partial charge in [-0.05, 0) is 66.8 Å². The molecule has 7 nitrogen and oxygen atoms in total. The molecule has 3 rings (SSSR count). The van der Waals surface area contributed by atoms with Crippen molar-refractivity contribution in [1.82, 2.24) is 5.32 Å². The van der Waals surface area contributed by atoms with Crippen LogP contribution in [-0.4, -0.2) is 26.9 Å². The van der Waals surface area contributed by atoms with E-state index in [1.165, 1.54) is 35.6 Å². The Kier molecular flexibility index (Phi) is 7.09. The van der Waals surface area contributed by atoms with E-state index in [-0.39, 0.29) is 16.2 Å². The van der Waals surface area contributed by atoms with Gasteiger partial charge in [-0.15, -0.1) is 11.3 Å². The topological polar surface area (TPSA) is 98.8 Å². The van der Waals surface area contributed by atoms with E-state index < -0.39 is 28.6 Å². The zero-order valence-electron chi connectivity index (χ0n) is 17.0. The lowest BCUT2D eigenvalue weighted by atomic mass is 10.2. The third-order valence-corrected chi connectivity index (χ3v) is 6.55. The highest BCUT2D eigenvalue weighted by atomic mass is 32.2. The zero-order valence-corrected chi connectivity index (χ0v) is 18.6. The summed E-state index contributed by atoms with van der Waals surface area (Å²) in [6.07, 6.45) is 0. The molecule has 31 heavy (non-hydrogen) atoms. The number of benzene rings is 2. The minimum Gasteiger partial charge on any atom is -0.452 e. The zero-order chi connectivity index (χ0) is 22.4. The molecule has 0 saturated carbocycles. The molecule has 0 fully saturated rings. The van der Waals surface area contributed by atoms with Crippen LogP contribution in [0.25, 0.3) is 0 Å². The van der Waals surface area contributed by atoms with Crippen molar-refractivity contribution in [3.8, 4) is 5.75 Å². The predicted molar refractivity (Wildman–Crippen MR) is 117 cm³/mol. The molecule has 0 aliphatic carbocycles. The Labute approximate surface area is 184 Å². The van der Waals surface area contributed by atoms with Gasteiger partial charge >= 0.3 is 16.1 Å². The first-order chi connectivity index (χ1) is 14.7. The second kappa shape index (κ2) is 9.76. The standard InChI is InChI=1S/C22H21NO6S2/c1-15-5-6-16(2)20(12-15)31(26,27)29-18-9-7-17(8-10-18)22(25)28-14-21(24)23-13-19-4-3-11-30-19/h3-12H,13-14H2,1-2H3,(H,23,24). The SMILES string of the molecule is Cc1ccc(C)c(S(=O)(=O)Oc2ccc(C(=O)OCC(=O)NCc3cccs3)cc2)c1. The van der Waals surface area contributed by atoms with Crippen LogP contribution in [0.15, 0.2) is 64.9 Å². The van der Waals surface area contributed by atoms with Gasteiger partial charge in [0.25, 0.3) is 5.91 Å². The lowest BCUT2D eigenvalue weighted by Gasteiger charge is -2.10. The summed E-state index contributed by atoms with van der Waals surface area (Å²) in [6.45, 7) is 3.44. The van der Waals surface area contributed by atoms with E-state index in [0.29, 0.717) is 12.1 Å². The molecule has 0 atom stereocenters. The van der Waals surface area contributed by atoms with Crippen LogP contribution < -0.4 is 9.50 Å². The molecule has 0 aliphatic heterocycles. The van der Waals surface area contributed by atoms with Crippen LogP contribution in [0.1, 0.15) is 26.4 Å². The number of carbonyl (C=O) groups excluding carboxylic acids is 2. The maximum atomic E-state index is 12.6.